The normalized spacial score (nSPS) is 10.9. The molecule has 0 saturated heterocycles. The summed E-state index contributed by atoms with van der Waals surface area (Å²) in [6.07, 6.45) is 3.33. The van der Waals surface area contributed by atoms with Crippen molar-refractivity contribution in [2.45, 2.75) is 6.92 Å². The van der Waals surface area contributed by atoms with Crippen LogP contribution in [0.4, 0.5) is 0 Å². The molecule has 0 saturated carbocycles. The van der Waals surface area contributed by atoms with Crippen LogP contribution in [0, 0.1) is 6.92 Å². The third kappa shape index (κ3) is 1.98. The topological polar surface area (TPSA) is 47.8 Å². The number of pyridine rings is 1. The molecule has 20 heavy (non-hydrogen) atoms. The van der Waals surface area contributed by atoms with E-state index < -0.39 is 0 Å². The van der Waals surface area contributed by atoms with Gasteiger partial charge in [0.05, 0.1) is 5.39 Å². The quantitative estimate of drug-likeness (QED) is 0.691. The zero-order valence-electron chi connectivity index (χ0n) is 11.1. The molecule has 0 radical (unpaired) electrons. The zero-order valence-corrected chi connectivity index (χ0v) is 11.8. The lowest BCUT2D eigenvalue weighted by Gasteiger charge is -2.09. The average molecular weight is 286 g/mol. The van der Waals surface area contributed by atoms with Crippen molar-refractivity contribution in [1.29, 1.82) is 0 Å². The van der Waals surface area contributed by atoms with Crippen molar-refractivity contribution in [3.8, 4) is 11.1 Å². The molecule has 3 rings (SSSR count). The number of hydrogen-bond acceptors (Lipinski definition) is 3. The molecule has 3 aromatic rings. The lowest BCUT2D eigenvalue weighted by molar-refractivity contribution is 0.912. The molecule has 0 aliphatic rings. The Balaban J connectivity index is 2.40. The van der Waals surface area contributed by atoms with E-state index in [1.54, 1.807) is 25.4 Å². The van der Waals surface area contributed by atoms with Crippen LogP contribution in [-0.2, 0) is 7.05 Å². The summed E-state index contributed by atoms with van der Waals surface area (Å²) in [6.45, 7) is 1.80. The fourth-order valence-corrected chi connectivity index (χ4v) is 2.45. The second kappa shape index (κ2) is 4.72. The monoisotopic (exact) mass is 285 g/mol. The molecular formula is C15H12ClN3O. The first kappa shape index (κ1) is 12.8. The lowest BCUT2D eigenvalue weighted by atomic mass is 10.1. The molecular weight excluding hydrogens is 274 g/mol. The van der Waals surface area contributed by atoms with Gasteiger partial charge in [-0.1, -0.05) is 29.8 Å². The van der Waals surface area contributed by atoms with Crippen molar-refractivity contribution in [3.05, 3.63) is 57.7 Å². The summed E-state index contributed by atoms with van der Waals surface area (Å²) in [5.41, 5.74) is 1.79. The number of hydrogen-bond donors (Lipinski definition) is 0. The van der Waals surface area contributed by atoms with Gasteiger partial charge < -0.3 is 4.57 Å². The highest BCUT2D eigenvalue weighted by Crippen LogP contribution is 2.26. The Kier molecular flexibility index (Phi) is 3.03. The van der Waals surface area contributed by atoms with E-state index in [2.05, 4.69) is 9.97 Å². The number of benzene rings is 1. The van der Waals surface area contributed by atoms with Crippen molar-refractivity contribution < 1.29 is 0 Å². The van der Waals surface area contributed by atoms with Gasteiger partial charge in [0, 0.05) is 35.6 Å². The molecule has 0 N–H and O–H groups in total. The minimum atomic E-state index is -0.105. The van der Waals surface area contributed by atoms with Crippen LogP contribution in [0.15, 0.2) is 41.5 Å². The van der Waals surface area contributed by atoms with E-state index in [1.165, 1.54) is 0 Å². The van der Waals surface area contributed by atoms with E-state index in [4.69, 9.17) is 11.6 Å². The van der Waals surface area contributed by atoms with E-state index >= 15 is 0 Å². The van der Waals surface area contributed by atoms with Crippen LogP contribution in [0.25, 0.3) is 22.2 Å². The summed E-state index contributed by atoms with van der Waals surface area (Å²) in [6, 6.07) is 7.30. The maximum Gasteiger partial charge on any atom is 0.200 e. The van der Waals surface area contributed by atoms with Crippen molar-refractivity contribution in [2.75, 3.05) is 0 Å². The maximum absolute atomic E-state index is 12.6. The number of rotatable bonds is 1. The fraction of sp³-hybridized carbons (Fsp3) is 0.133. The second-order valence-corrected chi connectivity index (χ2v) is 5.02. The van der Waals surface area contributed by atoms with Gasteiger partial charge in [-0.25, -0.2) is 9.97 Å². The third-order valence-corrected chi connectivity index (χ3v) is 3.53. The highest BCUT2D eigenvalue weighted by Gasteiger charge is 2.12. The molecule has 4 nitrogen and oxygen atoms in total. The molecule has 100 valence electrons. The Hall–Kier alpha value is -2.20. The molecule has 0 aliphatic heterocycles. The fourth-order valence-electron chi connectivity index (χ4n) is 2.22. The van der Waals surface area contributed by atoms with Gasteiger partial charge in [-0.15, -0.1) is 0 Å². The van der Waals surface area contributed by atoms with Gasteiger partial charge in [0.1, 0.15) is 11.5 Å². The van der Waals surface area contributed by atoms with Crippen LogP contribution in [0.1, 0.15) is 5.82 Å². The molecule has 0 unspecified atom stereocenters. The smallest absolute Gasteiger partial charge is 0.200 e. The predicted molar refractivity (Wildman–Crippen MR) is 80.0 cm³/mol. The van der Waals surface area contributed by atoms with Gasteiger partial charge in [-0.2, -0.15) is 0 Å². The molecule has 0 aliphatic carbocycles. The van der Waals surface area contributed by atoms with Gasteiger partial charge >= 0.3 is 0 Å². The highest BCUT2D eigenvalue weighted by atomic mass is 35.5. The minimum absolute atomic E-state index is 0.105. The van der Waals surface area contributed by atoms with Crippen LogP contribution in [0.5, 0.6) is 0 Å². The lowest BCUT2D eigenvalue weighted by Crippen LogP contribution is -2.12. The molecule has 0 bridgehead atoms. The molecule has 1 aromatic carbocycles. The highest BCUT2D eigenvalue weighted by molar-refractivity contribution is 6.33. The van der Waals surface area contributed by atoms with Crippen molar-refractivity contribution in [1.82, 2.24) is 14.5 Å². The molecule has 0 spiro atoms. The van der Waals surface area contributed by atoms with Gasteiger partial charge in [0.2, 0.25) is 0 Å². The first-order chi connectivity index (χ1) is 9.58. The second-order valence-electron chi connectivity index (χ2n) is 4.62. The average Bonchev–Trinajstić information content (AvgIpc) is 2.43. The van der Waals surface area contributed by atoms with E-state index in [-0.39, 0.29) is 5.43 Å². The van der Waals surface area contributed by atoms with Crippen LogP contribution >= 0.6 is 11.6 Å². The molecule has 0 fully saturated rings. The predicted octanol–water partition coefficient (Wildman–Crippen LogP) is 2.96. The third-order valence-electron chi connectivity index (χ3n) is 3.20. The summed E-state index contributed by atoms with van der Waals surface area (Å²) < 4.78 is 1.82. The van der Waals surface area contributed by atoms with Crippen LogP contribution in [0.2, 0.25) is 5.02 Å². The summed E-state index contributed by atoms with van der Waals surface area (Å²) in [5.74, 6) is 0.637. The minimum Gasteiger partial charge on any atom is -0.335 e. The number of halogens is 1. The van der Waals surface area contributed by atoms with Crippen LogP contribution in [0.3, 0.4) is 0 Å². The first-order valence-electron chi connectivity index (χ1n) is 6.16. The number of aromatic nitrogens is 3. The van der Waals surface area contributed by atoms with Gasteiger partial charge in [0.25, 0.3) is 0 Å². The summed E-state index contributed by atoms with van der Waals surface area (Å²) >= 11 is 6.18. The Morgan fingerprint density at radius 1 is 1.20 bits per heavy atom. The standard InChI is InChI=1S/C15H12ClN3O/c1-9-17-7-11-14(20)12(8-19(2)15(11)18-9)10-5-3-4-6-13(10)16/h3-8H,1-2H3. The number of aryl methyl sites for hydroxylation is 2. The van der Waals surface area contributed by atoms with Gasteiger partial charge in [-0.05, 0) is 13.0 Å². The van der Waals surface area contributed by atoms with Gasteiger partial charge in [-0.3, -0.25) is 4.79 Å². The van der Waals surface area contributed by atoms with Gasteiger partial charge in [0.15, 0.2) is 5.43 Å². The maximum atomic E-state index is 12.6. The van der Waals surface area contributed by atoms with E-state index in [9.17, 15) is 4.79 Å². The van der Waals surface area contributed by atoms with Crippen molar-refractivity contribution in [2.24, 2.45) is 7.05 Å². The van der Waals surface area contributed by atoms with Crippen LogP contribution < -0.4 is 5.43 Å². The molecule has 0 amide bonds. The largest absolute Gasteiger partial charge is 0.335 e. The Bertz CT molecular complexity index is 871. The molecule has 2 aromatic heterocycles. The molecule has 0 atom stereocenters. The Labute approximate surface area is 120 Å². The SMILES string of the molecule is Cc1ncc2c(=O)c(-c3ccccc3Cl)cn(C)c2n1. The summed E-state index contributed by atoms with van der Waals surface area (Å²) in [7, 11) is 1.86. The van der Waals surface area contributed by atoms with Crippen molar-refractivity contribution >= 4 is 22.6 Å². The zero-order chi connectivity index (χ0) is 14.3. The Morgan fingerprint density at radius 2 is 1.95 bits per heavy atom. The summed E-state index contributed by atoms with van der Waals surface area (Å²) in [4.78, 5) is 21.0. The van der Waals surface area contributed by atoms with Crippen molar-refractivity contribution in [3.63, 3.8) is 0 Å². The molecule has 5 heteroatoms. The van der Waals surface area contributed by atoms with E-state index in [1.807, 2.05) is 29.8 Å². The number of nitrogens with zero attached hydrogens (tertiary/aromatic N) is 3. The van der Waals surface area contributed by atoms with E-state index in [0.717, 1.165) is 5.56 Å². The Morgan fingerprint density at radius 3 is 2.70 bits per heavy atom. The first-order valence-corrected chi connectivity index (χ1v) is 6.53. The summed E-state index contributed by atoms with van der Waals surface area (Å²) in [5, 5.41) is 1.05. The van der Waals surface area contributed by atoms with Crippen LogP contribution in [-0.4, -0.2) is 14.5 Å². The van der Waals surface area contributed by atoms with E-state index in [0.29, 0.717) is 27.4 Å². The molecule has 2 heterocycles. The number of fused-ring (bicyclic) bond motifs is 1.